The summed E-state index contributed by atoms with van der Waals surface area (Å²) in [5.41, 5.74) is 0.752. The summed E-state index contributed by atoms with van der Waals surface area (Å²) in [6, 6.07) is 6.44. The Morgan fingerprint density at radius 2 is 1.91 bits per heavy atom. The van der Waals surface area contributed by atoms with Gasteiger partial charge in [-0.15, -0.1) is 0 Å². The van der Waals surface area contributed by atoms with Crippen molar-refractivity contribution in [2.24, 2.45) is 11.8 Å². The van der Waals surface area contributed by atoms with Crippen LogP contribution >= 0.6 is 0 Å². The van der Waals surface area contributed by atoms with Crippen molar-refractivity contribution >= 4 is 0 Å². The number of hydrogen-bond acceptors (Lipinski definition) is 1. The van der Waals surface area contributed by atoms with Gasteiger partial charge in [0.1, 0.15) is 11.9 Å². The van der Waals surface area contributed by atoms with Gasteiger partial charge in [-0.3, -0.25) is 0 Å². The molecule has 0 heterocycles. The second-order valence-electron chi connectivity index (χ2n) is 6.64. The molecule has 0 aliphatic heterocycles. The SMILES string of the molecule is CCCCCC[C@H]1CC[C@H](C#Cc2ccc(C#N)c(F)c2)CC1. The molecule has 2 rings (SSSR count). The first-order chi connectivity index (χ1) is 11.2. The second-order valence-corrected chi connectivity index (χ2v) is 6.64. The number of nitriles is 1. The molecule has 1 fully saturated rings. The van der Waals surface area contributed by atoms with E-state index in [9.17, 15) is 4.39 Å². The molecule has 1 saturated carbocycles. The van der Waals surface area contributed by atoms with Gasteiger partial charge in [-0.2, -0.15) is 5.26 Å². The van der Waals surface area contributed by atoms with Crippen LogP contribution in [-0.4, -0.2) is 0 Å². The van der Waals surface area contributed by atoms with Gasteiger partial charge in [0.05, 0.1) is 5.56 Å². The molecule has 23 heavy (non-hydrogen) atoms. The van der Waals surface area contributed by atoms with Crippen LogP contribution < -0.4 is 0 Å². The lowest BCUT2D eigenvalue weighted by molar-refractivity contribution is 0.294. The predicted molar refractivity (Wildman–Crippen MR) is 92.2 cm³/mol. The Kier molecular flexibility index (Phi) is 7.15. The third-order valence-electron chi connectivity index (χ3n) is 4.82. The highest BCUT2D eigenvalue weighted by molar-refractivity contribution is 5.41. The standard InChI is InChI=1S/C21H26FN/c1-2-3-4-5-6-17-7-9-18(10-8-17)11-12-19-13-14-20(16-23)21(22)15-19/h13-15,17-18H,2-10H2,1H3/t17-,18-. The minimum absolute atomic E-state index is 0.0825. The van der Waals surface area contributed by atoms with Crippen molar-refractivity contribution in [3.8, 4) is 17.9 Å². The monoisotopic (exact) mass is 311 g/mol. The molecule has 0 bridgehead atoms. The highest BCUT2D eigenvalue weighted by Crippen LogP contribution is 2.31. The third kappa shape index (κ3) is 5.72. The van der Waals surface area contributed by atoms with Crippen molar-refractivity contribution in [2.45, 2.75) is 64.7 Å². The summed E-state index contributed by atoms with van der Waals surface area (Å²) in [7, 11) is 0. The fraction of sp³-hybridized carbons (Fsp3) is 0.571. The lowest BCUT2D eigenvalue weighted by atomic mass is 9.80. The molecule has 0 N–H and O–H groups in total. The Morgan fingerprint density at radius 1 is 1.13 bits per heavy atom. The van der Waals surface area contributed by atoms with E-state index in [1.165, 1.54) is 69.9 Å². The zero-order valence-corrected chi connectivity index (χ0v) is 14.1. The average molecular weight is 311 g/mol. The number of halogens is 1. The number of nitrogens with zero attached hydrogens (tertiary/aromatic N) is 1. The maximum absolute atomic E-state index is 13.6. The molecule has 0 saturated heterocycles. The van der Waals surface area contributed by atoms with Crippen LogP contribution in [-0.2, 0) is 0 Å². The van der Waals surface area contributed by atoms with Gasteiger partial charge in [-0.25, -0.2) is 4.39 Å². The molecule has 2 heteroatoms. The number of hydrogen-bond donors (Lipinski definition) is 0. The van der Waals surface area contributed by atoms with Crippen LogP contribution in [0.25, 0.3) is 0 Å². The molecule has 0 radical (unpaired) electrons. The number of benzene rings is 1. The lowest BCUT2D eigenvalue weighted by Crippen LogP contribution is -2.13. The van der Waals surface area contributed by atoms with E-state index >= 15 is 0 Å². The quantitative estimate of drug-likeness (QED) is 0.496. The summed E-state index contributed by atoms with van der Waals surface area (Å²) >= 11 is 0. The molecule has 0 spiro atoms. The van der Waals surface area contributed by atoms with E-state index in [4.69, 9.17) is 5.26 Å². The van der Waals surface area contributed by atoms with Crippen LogP contribution in [0.1, 0.15) is 75.8 Å². The first kappa shape index (κ1) is 17.6. The molecule has 1 nitrogen and oxygen atoms in total. The minimum atomic E-state index is -0.477. The smallest absolute Gasteiger partial charge is 0.142 e. The zero-order chi connectivity index (χ0) is 16.5. The van der Waals surface area contributed by atoms with Gasteiger partial charge in [0.15, 0.2) is 0 Å². The highest BCUT2D eigenvalue weighted by Gasteiger charge is 2.19. The maximum Gasteiger partial charge on any atom is 0.142 e. The van der Waals surface area contributed by atoms with Gasteiger partial charge in [0, 0.05) is 11.5 Å². The third-order valence-corrected chi connectivity index (χ3v) is 4.82. The molecule has 1 aliphatic carbocycles. The van der Waals surface area contributed by atoms with Crippen LogP contribution in [0.2, 0.25) is 0 Å². The van der Waals surface area contributed by atoms with Crippen molar-refractivity contribution < 1.29 is 4.39 Å². The second kappa shape index (κ2) is 9.36. The largest absolute Gasteiger partial charge is 0.206 e. The van der Waals surface area contributed by atoms with E-state index in [1.807, 2.05) is 6.07 Å². The van der Waals surface area contributed by atoms with Crippen molar-refractivity contribution in [2.75, 3.05) is 0 Å². The molecule has 1 aromatic carbocycles. The molecule has 1 aromatic rings. The van der Waals surface area contributed by atoms with Crippen molar-refractivity contribution in [1.29, 1.82) is 5.26 Å². The Bertz CT molecular complexity index is 594. The summed E-state index contributed by atoms with van der Waals surface area (Å²) in [5, 5.41) is 8.73. The first-order valence-corrected chi connectivity index (χ1v) is 8.94. The Balaban J connectivity index is 1.79. The van der Waals surface area contributed by atoms with E-state index in [1.54, 1.807) is 6.07 Å². The summed E-state index contributed by atoms with van der Waals surface area (Å²) in [4.78, 5) is 0. The normalized spacial score (nSPS) is 20.4. The highest BCUT2D eigenvalue weighted by atomic mass is 19.1. The first-order valence-electron chi connectivity index (χ1n) is 8.94. The van der Waals surface area contributed by atoms with Crippen LogP contribution in [0.5, 0.6) is 0 Å². The Morgan fingerprint density at radius 3 is 2.57 bits per heavy atom. The molecule has 122 valence electrons. The Labute approximate surface area is 139 Å². The maximum atomic E-state index is 13.6. The van der Waals surface area contributed by atoms with Gasteiger partial charge in [-0.05, 0) is 49.8 Å². The average Bonchev–Trinajstić information content (AvgIpc) is 2.58. The van der Waals surface area contributed by atoms with Crippen molar-refractivity contribution in [3.63, 3.8) is 0 Å². The summed E-state index contributed by atoms with van der Waals surface area (Å²) < 4.78 is 13.6. The fourth-order valence-electron chi connectivity index (χ4n) is 3.32. The molecule has 1 aliphatic rings. The molecular weight excluding hydrogens is 285 g/mol. The predicted octanol–water partition coefficient (Wildman–Crippen LogP) is 5.83. The number of rotatable bonds is 5. The molecule has 0 amide bonds. The molecule has 0 unspecified atom stereocenters. The van der Waals surface area contributed by atoms with E-state index in [0.717, 1.165) is 5.92 Å². The summed E-state index contributed by atoms with van der Waals surface area (Å²) in [5.74, 6) is 7.24. The molecular formula is C21H26FN. The van der Waals surface area contributed by atoms with Gasteiger partial charge in [-0.1, -0.05) is 50.9 Å². The Hall–Kier alpha value is -1.80. The van der Waals surface area contributed by atoms with Crippen LogP contribution in [0.15, 0.2) is 18.2 Å². The van der Waals surface area contributed by atoms with Gasteiger partial charge >= 0.3 is 0 Å². The van der Waals surface area contributed by atoms with Gasteiger partial charge in [0.25, 0.3) is 0 Å². The van der Waals surface area contributed by atoms with E-state index in [-0.39, 0.29) is 5.56 Å². The van der Waals surface area contributed by atoms with Crippen LogP contribution in [0.3, 0.4) is 0 Å². The molecule has 0 aromatic heterocycles. The zero-order valence-electron chi connectivity index (χ0n) is 14.1. The van der Waals surface area contributed by atoms with E-state index in [0.29, 0.717) is 11.5 Å². The van der Waals surface area contributed by atoms with E-state index in [2.05, 4.69) is 18.8 Å². The fourth-order valence-corrected chi connectivity index (χ4v) is 3.32. The van der Waals surface area contributed by atoms with Crippen LogP contribution in [0, 0.1) is 40.8 Å². The minimum Gasteiger partial charge on any atom is -0.206 e. The van der Waals surface area contributed by atoms with Gasteiger partial charge < -0.3 is 0 Å². The topological polar surface area (TPSA) is 23.8 Å². The lowest BCUT2D eigenvalue weighted by Gasteiger charge is -2.25. The molecule has 0 atom stereocenters. The van der Waals surface area contributed by atoms with E-state index < -0.39 is 5.82 Å². The van der Waals surface area contributed by atoms with Crippen molar-refractivity contribution in [1.82, 2.24) is 0 Å². The van der Waals surface area contributed by atoms with Crippen molar-refractivity contribution in [3.05, 3.63) is 35.1 Å². The van der Waals surface area contributed by atoms with Gasteiger partial charge in [0.2, 0.25) is 0 Å². The number of unbranched alkanes of at least 4 members (excludes halogenated alkanes) is 3. The summed E-state index contributed by atoms with van der Waals surface area (Å²) in [6.45, 7) is 2.25. The van der Waals surface area contributed by atoms with Crippen LogP contribution in [0.4, 0.5) is 4.39 Å². The summed E-state index contributed by atoms with van der Waals surface area (Å²) in [6.07, 6.45) is 11.7.